The first-order valence-electron chi connectivity index (χ1n) is 12.5. The molecule has 2 amide bonds. The van der Waals surface area contributed by atoms with Gasteiger partial charge in [-0.1, -0.05) is 48.5 Å². The standard InChI is InChI=1S/C31H30N2O6/c1-32(28-12-7-21-39-28)30(36)26-10-5-3-8-24(26)25-9-4-6-11-27(25)31(37)33(20-18-29(34)35)19-17-22-13-15-23(38-2)16-14-22/h3-16,21H,17-20H2,1-2H3,(H,34,35). The Hall–Kier alpha value is -4.85. The van der Waals surface area contributed by atoms with Gasteiger partial charge in [0.1, 0.15) is 5.75 Å². The third kappa shape index (κ3) is 6.54. The number of carbonyl (C=O) groups excluding carboxylic acids is 2. The molecule has 4 rings (SSSR count). The van der Waals surface area contributed by atoms with E-state index < -0.39 is 5.97 Å². The van der Waals surface area contributed by atoms with E-state index in [-0.39, 0.29) is 24.8 Å². The second kappa shape index (κ2) is 12.6. The van der Waals surface area contributed by atoms with Gasteiger partial charge >= 0.3 is 5.97 Å². The van der Waals surface area contributed by atoms with Crippen LogP contribution < -0.4 is 9.64 Å². The molecule has 1 aromatic heterocycles. The lowest BCUT2D eigenvalue weighted by Gasteiger charge is -2.24. The predicted octanol–water partition coefficient (Wildman–Crippen LogP) is 5.39. The Morgan fingerprint density at radius 2 is 1.41 bits per heavy atom. The summed E-state index contributed by atoms with van der Waals surface area (Å²) in [6.07, 6.45) is 1.86. The number of hydrogen-bond acceptors (Lipinski definition) is 5. The van der Waals surface area contributed by atoms with Crippen LogP contribution in [0.5, 0.6) is 5.75 Å². The highest BCUT2D eigenvalue weighted by molar-refractivity contribution is 6.11. The van der Waals surface area contributed by atoms with Crippen molar-refractivity contribution in [2.45, 2.75) is 12.8 Å². The number of hydrogen-bond donors (Lipinski definition) is 1. The van der Waals surface area contributed by atoms with Crippen molar-refractivity contribution in [3.05, 3.63) is 108 Å². The van der Waals surface area contributed by atoms with Crippen LogP contribution in [-0.2, 0) is 11.2 Å². The second-order valence-electron chi connectivity index (χ2n) is 8.94. The molecular weight excluding hydrogens is 496 g/mol. The smallest absolute Gasteiger partial charge is 0.305 e. The van der Waals surface area contributed by atoms with Crippen LogP contribution in [0.25, 0.3) is 11.1 Å². The minimum atomic E-state index is -0.984. The molecule has 0 spiro atoms. The molecule has 0 fully saturated rings. The number of anilines is 1. The molecule has 8 heteroatoms. The summed E-state index contributed by atoms with van der Waals surface area (Å²) in [5.74, 6) is -0.440. The molecule has 1 heterocycles. The minimum Gasteiger partial charge on any atom is -0.497 e. The summed E-state index contributed by atoms with van der Waals surface area (Å²) in [6, 6.07) is 25.1. The number of carboxylic acids is 1. The molecule has 0 saturated carbocycles. The third-order valence-electron chi connectivity index (χ3n) is 6.46. The molecule has 0 aliphatic rings. The maximum Gasteiger partial charge on any atom is 0.305 e. The largest absolute Gasteiger partial charge is 0.497 e. The van der Waals surface area contributed by atoms with Gasteiger partial charge in [-0.2, -0.15) is 0 Å². The molecule has 8 nitrogen and oxygen atoms in total. The first-order chi connectivity index (χ1) is 18.9. The molecule has 0 saturated heterocycles. The molecule has 4 aromatic rings. The minimum absolute atomic E-state index is 0.0560. The van der Waals surface area contributed by atoms with Crippen molar-refractivity contribution in [3.63, 3.8) is 0 Å². The molecule has 1 N–H and O–H groups in total. The van der Waals surface area contributed by atoms with E-state index in [1.165, 1.54) is 11.2 Å². The van der Waals surface area contributed by atoms with Gasteiger partial charge in [0.25, 0.3) is 11.8 Å². The summed E-state index contributed by atoms with van der Waals surface area (Å²) < 4.78 is 10.6. The van der Waals surface area contributed by atoms with E-state index in [9.17, 15) is 19.5 Å². The lowest BCUT2D eigenvalue weighted by Crippen LogP contribution is -2.35. The Morgan fingerprint density at radius 3 is 1.97 bits per heavy atom. The highest BCUT2D eigenvalue weighted by Gasteiger charge is 2.24. The van der Waals surface area contributed by atoms with Crippen molar-refractivity contribution in [2.24, 2.45) is 0 Å². The van der Waals surface area contributed by atoms with E-state index in [2.05, 4.69) is 0 Å². The van der Waals surface area contributed by atoms with Crippen molar-refractivity contribution in [3.8, 4) is 16.9 Å². The van der Waals surface area contributed by atoms with Crippen molar-refractivity contribution >= 4 is 23.7 Å². The van der Waals surface area contributed by atoms with Crippen LogP contribution in [-0.4, -0.2) is 55.0 Å². The number of aliphatic carboxylic acids is 1. The van der Waals surface area contributed by atoms with E-state index in [0.717, 1.165) is 11.3 Å². The zero-order chi connectivity index (χ0) is 27.8. The normalized spacial score (nSPS) is 10.6. The van der Waals surface area contributed by atoms with E-state index in [1.54, 1.807) is 67.6 Å². The van der Waals surface area contributed by atoms with Crippen molar-refractivity contribution in [2.75, 3.05) is 32.1 Å². The lowest BCUT2D eigenvalue weighted by atomic mass is 9.94. The fourth-order valence-electron chi connectivity index (χ4n) is 4.32. The quantitative estimate of drug-likeness (QED) is 0.281. The first-order valence-corrected chi connectivity index (χ1v) is 12.5. The lowest BCUT2D eigenvalue weighted by molar-refractivity contribution is -0.137. The number of methoxy groups -OCH3 is 1. The summed E-state index contributed by atoms with van der Waals surface area (Å²) in [5, 5.41) is 9.32. The number of nitrogens with zero attached hydrogens (tertiary/aromatic N) is 2. The molecule has 0 aliphatic heterocycles. The predicted molar refractivity (Wildman–Crippen MR) is 148 cm³/mol. The topological polar surface area (TPSA) is 100 Å². The number of furan rings is 1. The molecular formula is C31H30N2O6. The fraction of sp³-hybridized carbons (Fsp3) is 0.194. The zero-order valence-corrected chi connectivity index (χ0v) is 21.9. The average molecular weight is 527 g/mol. The number of benzene rings is 3. The highest BCUT2D eigenvalue weighted by atomic mass is 16.5. The second-order valence-corrected chi connectivity index (χ2v) is 8.94. The van der Waals surface area contributed by atoms with Gasteiger partial charge < -0.3 is 19.2 Å². The van der Waals surface area contributed by atoms with Crippen molar-refractivity contribution in [1.29, 1.82) is 0 Å². The molecule has 0 atom stereocenters. The van der Waals surface area contributed by atoms with Crippen LogP contribution in [0.15, 0.2) is 95.6 Å². The average Bonchev–Trinajstić information content (AvgIpc) is 3.51. The SMILES string of the molecule is COc1ccc(CCN(CCC(=O)O)C(=O)c2ccccc2-c2ccccc2C(=O)N(C)c2ccco2)cc1. The van der Waals surface area contributed by atoms with Crippen LogP contribution in [0.1, 0.15) is 32.7 Å². The van der Waals surface area contributed by atoms with Crippen LogP contribution in [0.2, 0.25) is 0 Å². The summed E-state index contributed by atoms with van der Waals surface area (Å²) in [4.78, 5) is 41.7. The molecule has 0 radical (unpaired) electrons. The Labute approximate surface area is 227 Å². The Morgan fingerprint density at radius 1 is 0.795 bits per heavy atom. The zero-order valence-electron chi connectivity index (χ0n) is 21.9. The van der Waals surface area contributed by atoms with Gasteiger partial charge in [-0.25, -0.2) is 0 Å². The van der Waals surface area contributed by atoms with Crippen molar-refractivity contribution < 1.29 is 28.6 Å². The van der Waals surface area contributed by atoms with Crippen LogP contribution in [0, 0.1) is 0 Å². The summed E-state index contributed by atoms with van der Waals surface area (Å²) in [7, 11) is 3.22. The Kier molecular flexibility index (Phi) is 8.78. The molecule has 3 aromatic carbocycles. The van der Waals surface area contributed by atoms with Gasteiger partial charge in [0, 0.05) is 37.3 Å². The number of ether oxygens (including phenoxy) is 1. The van der Waals surface area contributed by atoms with Crippen LogP contribution in [0.3, 0.4) is 0 Å². The van der Waals surface area contributed by atoms with Crippen molar-refractivity contribution in [1.82, 2.24) is 4.90 Å². The monoisotopic (exact) mass is 526 g/mol. The van der Waals surface area contributed by atoms with E-state index in [0.29, 0.717) is 41.1 Å². The molecule has 200 valence electrons. The van der Waals surface area contributed by atoms with E-state index in [1.807, 2.05) is 36.4 Å². The molecule has 0 aliphatic carbocycles. The number of carbonyl (C=O) groups is 3. The molecule has 39 heavy (non-hydrogen) atoms. The molecule has 0 bridgehead atoms. The summed E-state index contributed by atoms with van der Waals surface area (Å²) >= 11 is 0. The van der Waals surface area contributed by atoms with E-state index >= 15 is 0 Å². The number of carboxylic acid groups (broad SMARTS) is 1. The highest BCUT2D eigenvalue weighted by Crippen LogP contribution is 2.30. The first kappa shape index (κ1) is 27.2. The van der Waals surface area contributed by atoms with Crippen LogP contribution >= 0.6 is 0 Å². The van der Waals surface area contributed by atoms with Gasteiger partial charge in [-0.3, -0.25) is 19.3 Å². The van der Waals surface area contributed by atoms with Gasteiger partial charge in [0.15, 0.2) is 0 Å². The van der Waals surface area contributed by atoms with Gasteiger partial charge in [0.05, 0.1) is 19.8 Å². The summed E-state index contributed by atoms with van der Waals surface area (Å²) in [5.41, 5.74) is 2.97. The maximum absolute atomic E-state index is 13.9. The summed E-state index contributed by atoms with van der Waals surface area (Å²) in [6.45, 7) is 0.384. The van der Waals surface area contributed by atoms with Gasteiger partial charge in [-0.05, 0) is 53.4 Å². The Balaban J connectivity index is 1.65. The fourth-order valence-corrected chi connectivity index (χ4v) is 4.32. The van der Waals surface area contributed by atoms with Gasteiger partial charge in [-0.15, -0.1) is 0 Å². The number of amides is 2. The van der Waals surface area contributed by atoms with Crippen LogP contribution in [0.4, 0.5) is 5.88 Å². The maximum atomic E-state index is 13.9. The molecule has 0 unspecified atom stereocenters. The van der Waals surface area contributed by atoms with E-state index in [4.69, 9.17) is 9.15 Å². The third-order valence-corrected chi connectivity index (χ3v) is 6.46. The number of rotatable bonds is 11. The Bertz CT molecular complexity index is 1430. The van der Waals surface area contributed by atoms with Gasteiger partial charge in [0.2, 0.25) is 5.88 Å².